The van der Waals surface area contributed by atoms with Gasteiger partial charge in [-0.2, -0.15) is 10.0 Å². The minimum atomic E-state index is -0.458. The number of benzene rings is 2. The summed E-state index contributed by atoms with van der Waals surface area (Å²) in [5, 5.41) is 15.0. The second kappa shape index (κ2) is 9.08. The van der Waals surface area contributed by atoms with Crippen LogP contribution < -0.4 is 0 Å². The van der Waals surface area contributed by atoms with Crippen molar-refractivity contribution in [3.05, 3.63) is 94.6 Å². The number of hydrazone groups is 1. The van der Waals surface area contributed by atoms with Gasteiger partial charge in [-0.15, -0.1) is 5.10 Å². The molecule has 2 aliphatic rings. The number of aliphatic imine (C=N–C) groups is 1. The zero-order chi connectivity index (χ0) is 23.8. The zero-order valence-electron chi connectivity index (χ0n) is 18.4. The Morgan fingerprint density at radius 3 is 2.59 bits per heavy atom. The summed E-state index contributed by atoms with van der Waals surface area (Å²) >= 11 is 2.85. The molecule has 2 aliphatic heterocycles. The van der Waals surface area contributed by atoms with E-state index in [-0.39, 0.29) is 17.2 Å². The summed E-state index contributed by atoms with van der Waals surface area (Å²) in [5.41, 5.74) is 4.79. The lowest BCUT2D eigenvalue weighted by molar-refractivity contribution is -0.114. The molecule has 6 nitrogen and oxygen atoms in total. The number of aryl methyl sites for hydroxylation is 1. The first kappa shape index (κ1) is 22.4. The van der Waals surface area contributed by atoms with Gasteiger partial charge in [0.1, 0.15) is 5.82 Å². The predicted molar refractivity (Wildman–Crippen MR) is 138 cm³/mol. The second-order valence-corrected chi connectivity index (χ2v) is 9.98. The van der Waals surface area contributed by atoms with Crippen molar-refractivity contribution in [2.45, 2.75) is 19.6 Å². The molecule has 3 aromatic rings. The molecule has 1 N–H and O–H groups in total. The van der Waals surface area contributed by atoms with Gasteiger partial charge in [0.15, 0.2) is 10.2 Å². The maximum atomic E-state index is 13.4. The average Bonchev–Trinajstić information content (AvgIpc) is 3.36. The highest BCUT2D eigenvalue weighted by Gasteiger charge is 2.36. The smallest absolute Gasteiger partial charge is 0.283 e. The van der Waals surface area contributed by atoms with E-state index in [2.05, 4.69) is 10.1 Å². The number of carbonyl (C=O) groups is 1. The van der Waals surface area contributed by atoms with Crippen molar-refractivity contribution in [2.24, 2.45) is 10.1 Å². The van der Waals surface area contributed by atoms with Crippen LogP contribution in [0.4, 0.5) is 4.39 Å². The van der Waals surface area contributed by atoms with E-state index in [1.165, 1.54) is 34.5 Å². The monoisotopic (exact) mass is 489 g/mol. The Morgan fingerprint density at radius 1 is 1.12 bits per heavy atom. The minimum absolute atomic E-state index is 0.00407. The molecule has 5 rings (SSSR count). The van der Waals surface area contributed by atoms with Crippen molar-refractivity contribution in [3.63, 3.8) is 0 Å². The lowest BCUT2D eigenvalue weighted by atomic mass is 10.1. The molecule has 0 spiro atoms. The normalized spacial score (nSPS) is 16.7. The SMILES string of the molecule is Cc1cc(/C=C2\C(=N)N3N=C(SCc4ccccc4)SC3=NC2=O)c(C)n1-c1ccc(F)cc1. The maximum Gasteiger partial charge on any atom is 0.283 e. The van der Waals surface area contributed by atoms with Crippen LogP contribution in [-0.2, 0) is 10.5 Å². The molecule has 1 amide bonds. The van der Waals surface area contributed by atoms with Gasteiger partial charge in [0.05, 0.1) is 5.57 Å². The van der Waals surface area contributed by atoms with E-state index < -0.39 is 5.91 Å². The summed E-state index contributed by atoms with van der Waals surface area (Å²) in [6.07, 6.45) is 1.68. The number of hydrogen-bond donors (Lipinski definition) is 1. The summed E-state index contributed by atoms with van der Waals surface area (Å²) < 4.78 is 16.1. The maximum absolute atomic E-state index is 13.4. The highest BCUT2D eigenvalue weighted by atomic mass is 32.2. The molecule has 0 aliphatic carbocycles. The molecule has 1 aromatic heterocycles. The molecule has 9 heteroatoms. The number of fused-ring (bicyclic) bond motifs is 1. The molecular formula is C25H20FN5OS2. The first-order valence-corrected chi connectivity index (χ1v) is 12.3. The first-order chi connectivity index (χ1) is 16.4. The van der Waals surface area contributed by atoms with E-state index in [1.807, 2.05) is 54.8 Å². The van der Waals surface area contributed by atoms with Crippen LogP contribution in [0.25, 0.3) is 11.8 Å². The Morgan fingerprint density at radius 2 is 1.85 bits per heavy atom. The number of halogens is 1. The van der Waals surface area contributed by atoms with Gasteiger partial charge >= 0.3 is 0 Å². The van der Waals surface area contributed by atoms with Gasteiger partial charge in [0.25, 0.3) is 5.91 Å². The lowest BCUT2D eigenvalue weighted by Gasteiger charge is -2.20. The molecule has 170 valence electrons. The van der Waals surface area contributed by atoms with Crippen molar-refractivity contribution in [3.8, 4) is 5.69 Å². The summed E-state index contributed by atoms with van der Waals surface area (Å²) in [6.45, 7) is 3.87. The van der Waals surface area contributed by atoms with Crippen LogP contribution in [0.5, 0.6) is 0 Å². The van der Waals surface area contributed by atoms with Gasteiger partial charge in [0, 0.05) is 22.8 Å². The lowest BCUT2D eigenvalue weighted by Crippen LogP contribution is -2.35. The number of thioether (sulfide) groups is 2. The number of rotatable bonds is 4. The van der Waals surface area contributed by atoms with Gasteiger partial charge in [-0.05, 0) is 73.1 Å². The van der Waals surface area contributed by atoms with Crippen LogP contribution in [-0.4, -0.2) is 30.9 Å². The van der Waals surface area contributed by atoms with E-state index in [0.29, 0.717) is 5.17 Å². The molecule has 0 radical (unpaired) electrons. The van der Waals surface area contributed by atoms with Gasteiger partial charge in [0.2, 0.25) is 5.17 Å². The average molecular weight is 490 g/mol. The van der Waals surface area contributed by atoms with Crippen LogP contribution in [0.3, 0.4) is 0 Å². The van der Waals surface area contributed by atoms with Crippen molar-refractivity contribution >= 4 is 50.9 Å². The van der Waals surface area contributed by atoms with Crippen molar-refractivity contribution in [1.29, 1.82) is 5.41 Å². The fraction of sp³-hybridized carbons (Fsp3) is 0.120. The summed E-state index contributed by atoms with van der Waals surface area (Å²) in [7, 11) is 0. The van der Waals surface area contributed by atoms with E-state index in [0.717, 1.165) is 32.8 Å². The number of amides is 1. The standard InChI is InChI=1S/C25H20FN5OS2/c1-15-12-18(16(2)30(15)20-10-8-19(26)9-11-20)13-21-22(27)31-24(28-23(21)32)34-25(29-31)33-14-17-6-4-3-5-7-17/h3-13,27H,14H2,1-2H3/b21-13+,27-22?. The van der Waals surface area contributed by atoms with E-state index >= 15 is 0 Å². The van der Waals surface area contributed by atoms with Crippen LogP contribution in [0.1, 0.15) is 22.5 Å². The van der Waals surface area contributed by atoms with Crippen molar-refractivity contribution in [1.82, 2.24) is 9.58 Å². The summed E-state index contributed by atoms with van der Waals surface area (Å²) in [4.78, 5) is 17.0. The fourth-order valence-corrected chi connectivity index (χ4v) is 5.71. The zero-order valence-corrected chi connectivity index (χ0v) is 20.1. The van der Waals surface area contributed by atoms with Crippen LogP contribution >= 0.6 is 23.5 Å². The molecule has 3 heterocycles. The Kier molecular flexibility index (Phi) is 5.97. The van der Waals surface area contributed by atoms with E-state index in [9.17, 15) is 9.18 Å². The Hall–Kier alpha value is -3.43. The van der Waals surface area contributed by atoms with E-state index in [1.54, 1.807) is 30.0 Å². The third kappa shape index (κ3) is 4.24. The molecule has 0 unspecified atom stereocenters. The molecule has 0 saturated carbocycles. The number of amidine groups is 2. The number of carbonyl (C=O) groups excluding carboxylic acids is 1. The second-order valence-electron chi connectivity index (χ2n) is 7.80. The third-order valence-corrected chi connectivity index (χ3v) is 7.61. The summed E-state index contributed by atoms with van der Waals surface area (Å²) in [5.74, 6) is -0.00861. The van der Waals surface area contributed by atoms with Gasteiger partial charge < -0.3 is 4.57 Å². The van der Waals surface area contributed by atoms with Crippen LogP contribution in [0.2, 0.25) is 0 Å². The number of hydrogen-bond acceptors (Lipinski definition) is 5. The van der Waals surface area contributed by atoms with E-state index in [4.69, 9.17) is 5.41 Å². The van der Waals surface area contributed by atoms with Gasteiger partial charge in [-0.3, -0.25) is 10.2 Å². The quantitative estimate of drug-likeness (QED) is 0.474. The van der Waals surface area contributed by atoms with Crippen molar-refractivity contribution in [2.75, 3.05) is 0 Å². The molecular weight excluding hydrogens is 469 g/mol. The number of nitrogens with zero attached hydrogens (tertiary/aromatic N) is 4. The van der Waals surface area contributed by atoms with Crippen LogP contribution in [0, 0.1) is 25.1 Å². The van der Waals surface area contributed by atoms with Crippen molar-refractivity contribution < 1.29 is 9.18 Å². The number of nitrogens with one attached hydrogen (secondary N) is 1. The Balaban J connectivity index is 1.41. The highest BCUT2D eigenvalue weighted by Crippen LogP contribution is 2.34. The molecule has 2 aromatic carbocycles. The molecule has 0 fully saturated rings. The molecule has 0 atom stereocenters. The Bertz CT molecular complexity index is 1390. The fourth-order valence-electron chi connectivity index (χ4n) is 3.83. The van der Waals surface area contributed by atoms with Gasteiger partial charge in [-0.1, -0.05) is 42.1 Å². The molecule has 0 bridgehead atoms. The van der Waals surface area contributed by atoms with Crippen LogP contribution in [0.15, 0.2) is 76.3 Å². The predicted octanol–water partition coefficient (Wildman–Crippen LogP) is 5.74. The number of aromatic nitrogens is 1. The highest BCUT2D eigenvalue weighted by molar-refractivity contribution is 8.45. The Labute approximate surface area is 204 Å². The minimum Gasteiger partial charge on any atom is -0.318 e. The third-order valence-electron chi connectivity index (χ3n) is 5.50. The molecule has 0 saturated heterocycles. The largest absolute Gasteiger partial charge is 0.318 e. The topological polar surface area (TPSA) is 73.8 Å². The molecule has 34 heavy (non-hydrogen) atoms. The first-order valence-electron chi connectivity index (χ1n) is 10.5. The van der Waals surface area contributed by atoms with Gasteiger partial charge in [-0.25, -0.2) is 4.39 Å². The summed E-state index contributed by atoms with van der Waals surface area (Å²) in [6, 6.07) is 18.2.